The van der Waals surface area contributed by atoms with E-state index in [1.54, 1.807) is 7.05 Å². The fourth-order valence-electron chi connectivity index (χ4n) is 1.94. The maximum Gasteiger partial charge on any atom is 0.322 e. The number of nitrogens with zero attached hydrogens (tertiary/aromatic N) is 1. The van der Waals surface area contributed by atoms with Gasteiger partial charge in [-0.15, -0.1) is 0 Å². The maximum absolute atomic E-state index is 11.4. The Morgan fingerprint density at radius 3 is 2.35 bits per heavy atom. The Morgan fingerprint density at radius 2 is 1.94 bits per heavy atom. The van der Waals surface area contributed by atoms with Crippen LogP contribution in [0.25, 0.3) is 0 Å². The number of rotatable bonds is 8. The van der Waals surface area contributed by atoms with Gasteiger partial charge in [-0.05, 0) is 39.8 Å². The zero-order chi connectivity index (χ0) is 13.4. The number of carbonyl (C=O) groups is 1. The van der Waals surface area contributed by atoms with Gasteiger partial charge in [0.1, 0.15) is 6.04 Å². The molecule has 4 nitrogen and oxygen atoms in total. The van der Waals surface area contributed by atoms with E-state index in [2.05, 4.69) is 38.0 Å². The van der Waals surface area contributed by atoms with Gasteiger partial charge in [-0.1, -0.05) is 13.8 Å². The van der Waals surface area contributed by atoms with E-state index in [1.165, 1.54) is 13.5 Å². The van der Waals surface area contributed by atoms with Gasteiger partial charge in [0, 0.05) is 12.6 Å². The lowest BCUT2D eigenvalue weighted by Gasteiger charge is -2.27. The molecule has 0 amide bonds. The third-order valence-corrected chi connectivity index (χ3v) is 3.17. The molecule has 0 aliphatic rings. The standard InChI is InChI=1S/C13H28N2O2/c1-10(2)9-11(3)15(5)8-7-12(14-4)13(16)17-6/h10-12,14H,7-9H2,1-6H3. The van der Waals surface area contributed by atoms with Crippen molar-refractivity contribution in [2.75, 3.05) is 27.7 Å². The average Bonchev–Trinajstić information content (AvgIpc) is 2.28. The zero-order valence-electron chi connectivity index (χ0n) is 12.1. The van der Waals surface area contributed by atoms with Crippen molar-refractivity contribution in [3.05, 3.63) is 0 Å². The van der Waals surface area contributed by atoms with Crippen molar-refractivity contribution in [2.24, 2.45) is 5.92 Å². The summed E-state index contributed by atoms with van der Waals surface area (Å²) in [7, 11) is 5.33. The Balaban J connectivity index is 4.03. The van der Waals surface area contributed by atoms with Gasteiger partial charge in [-0.2, -0.15) is 0 Å². The van der Waals surface area contributed by atoms with Crippen LogP contribution in [0.15, 0.2) is 0 Å². The molecule has 2 atom stereocenters. The third kappa shape index (κ3) is 6.64. The number of hydrogen-bond acceptors (Lipinski definition) is 4. The molecule has 0 bridgehead atoms. The molecular weight excluding hydrogens is 216 g/mol. The minimum atomic E-state index is -0.200. The van der Waals surface area contributed by atoms with Crippen molar-refractivity contribution in [1.29, 1.82) is 0 Å². The molecule has 0 saturated heterocycles. The lowest BCUT2D eigenvalue weighted by molar-refractivity contribution is -0.143. The first kappa shape index (κ1) is 16.4. The van der Waals surface area contributed by atoms with Crippen LogP contribution in [0.2, 0.25) is 0 Å². The molecule has 0 aliphatic carbocycles. The van der Waals surface area contributed by atoms with Crippen molar-refractivity contribution < 1.29 is 9.53 Å². The second-order valence-electron chi connectivity index (χ2n) is 5.11. The van der Waals surface area contributed by atoms with Crippen LogP contribution in [-0.4, -0.2) is 50.7 Å². The van der Waals surface area contributed by atoms with E-state index in [-0.39, 0.29) is 12.0 Å². The topological polar surface area (TPSA) is 41.6 Å². The first-order valence-corrected chi connectivity index (χ1v) is 6.37. The summed E-state index contributed by atoms with van der Waals surface area (Å²) < 4.78 is 4.74. The molecule has 0 aromatic heterocycles. The summed E-state index contributed by atoms with van der Waals surface area (Å²) >= 11 is 0. The van der Waals surface area contributed by atoms with Crippen molar-refractivity contribution in [3.8, 4) is 0 Å². The molecule has 102 valence electrons. The number of nitrogens with one attached hydrogen (secondary N) is 1. The van der Waals surface area contributed by atoms with E-state index in [9.17, 15) is 4.79 Å². The fourth-order valence-corrected chi connectivity index (χ4v) is 1.94. The molecule has 0 aromatic carbocycles. The average molecular weight is 244 g/mol. The summed E-state index contributed by atoms with van der Waals surface area (Å²) in [6.07, 6.45) is 1.96. The van der Waals surface area contributed by atoms with Crippen molar-refractivity contribution >= 4 is 5.97 Å². The third-order valence-electron chi connectivity index (χ3n) is 3.17. The van der Waals surface area contributed by atoms with Crippen LogP contribution in [0.1, 0.15) is 33.6 Å². The van der Waals surface area contributed by atoms with Crippen molar-refractivity contribution in [1.82, 2.24) is 10.2 Å². The predicted octanol–water partition coefficient (Wildman–Crippen LogP) is 1.50. The number of likely N-dealkylation sites (N-methyl/N-ethyl adjacent to an activating group) is 1. The summed E-state index contributed by atoms with van der Waals surface area (Å²) in [6, 6.07) is 0.346. The number of esters is 1. The first-order valence-electron chi connectivity index (χ1n) is 6.37. The highest BCUT2D eigenvalue weighted by molar-refractivity contribution is 5.75. The molecule has 1 N–H and O–H groups in total. The van der Waals surface area contributed by atoms with Crippen LogP contribution in [0.3, 0.4) is 0 Å². The predicted molar refractivity (Wildman–Crippen MR) is 71.0 cm³/mol. The summed E-state index contributed by atoms with van der Waals surface area (Å²) in [6.45, 7) is 7.59. The summed E-state index contributed by atoms with van der Waals surface area (Å²) in [5.74, 6) is 0.519. The molecule has 4 heteroatoms. The summed E-state index contributed by atoms with van der Waals surface area (Å²) in [5, 5.41) is 2.99. The van der Waals surface area contributed by atoms with Crippen LogP contribution in [0, 0.1) is 5.92 Å². The van der Waals surface area contributed by atoms with Gasteiger partial charge in [-0.3, -0.25) is 4.79 Å². The Bertz CT molecular complexity index is 219. The highest BCUT2D eigenvalue weighted by Crippen LogP contribution is 2.10. The molecule has 17 heavy (non-hydrogen) atoms. The quantitative estimate of drug-likeness (QED) is 0.657. The van der Waals surface area contributed by atoms with E-state index in [0.29, 0.717) is 12.0 Å². The van der Waals surface area contributed by atoms with Gasteiger partial charge in [0.05, 0.1) is 7.11 Å². The van der Waals surface area contributed by atoms with Gasteiger partial charge >= 0.3 is 5.97 Å². The number of hydrogen-bond donors (Lipinski definition) is 1. The lowest BCUT2D eigenvalue weighted by Crippen LogP contribution is -2.40. The minimum absolute atomic E-state index is 0.183. The molecule has 0 aliphatic heterocycles. The van der Waals surface area contributed by atoms with Gasteiger partial charge < -0.3 is 15.0 Å². The van der Waals surface area contributed by atoms with Crippen molar-refractivity contribution in [3.63, 3.8) is 0 Å². The molecule has 0 fully saturated rings. The van der Waals surface area contributed by atoms with E-state index in [4.69, 9.17) is 4.74 Å². The molecule has 0 aromatic rings. The number of ether oxygens (including phenoxy) is 1. The second kappa shape index (κ2) is 8.48. The Morgan fingerprint density at radius 1 is 1.35 bits per heavy atom. The van der Waals surface area contributed by atoms with E-state index >= 15 is 0 Å². The maximum atomic E-state index is 11.4. The highest BCUT2D eigenvalue weighted by atomic mass is 16.5. The number of methoxy groups -OCH3 is 1. The molecular formula is C13H28N2O2. The highest BCUT2D eigenvalue weighted by Gasteiger charge is 2.18. The van der Waals surface area contributed by atoms with Crippen LogP contribution in [0.4, 0.5) is 0 Å². The zero-order valence-corrected chi connectivity index (χ0v) is 12.1. The molecule has 0 radical (unpaired) electrons. The fraction of sp³-hybridized carbons (Fsp3) is 0.923. The van der Waals surface area contributed by atoms with Gasteiger partial charge in [-0.25, -0.2) is 0 Å². The summed E-state index contributed by atoms with van der Waals surface area (Å²) in [4.78, 5) is 13.7. The van der Waals surface area contributed by atoms with E-state index in [0.717, 1.165) is 13.0 Å². The Kier molecular flexibility index (Phi) is 8.17. The second-order valence-corrected chi connectivity index (χ2v) is 5.11. The SMILES string of the molecule is CNC(CCN(C)C(C)CC(C)C)C(=O)OC. The monoisotopic (exact) mass is 244 g/mol. The van der Waals surface area contributed by atoms with E-state index < -0.39 is 0 Å². The molecule has 0 spiro atoms. The van der Waals surface area contributed by atoms with Gasteiger partial charge in [0.15, 0.2) is 0 Å². The molecule has 0 saturated carbocycles. The lowest BCUT2D eigenvalue weighted by atomic mass is 10.0. The van der Waals surface area contributed by atoms with Gasteiger partial charge in [0.2, 0.25) is 0 Å². The molecule has 2 unspecified atom stereocenters. The van der Waals surface area contributed by atoms with Crippen LogP contribution < -0.4 is 5.32 Å². The molecule has 0 rings (SSSR count). The largest absolute Gasteiger partial charge is 0.468 e. The van der Waals surface area contributed by atoms with E-state index in [1.807, 2.05) is 0 Å². The van der Waals surface area contributed by atoms with Crippen LogP contribution in [0.5, 0.6) is 0 Å². The normalized spacial score (nSPS) is 15.1. The van der Waals surface area contributed by atoms with Crippen molar-refractivity contribution in [2.45, 2.75) is 45.7 Å². The smallest absolute Gasteiger partial charge is 0.322 e. The summed E-state index contributed by atoms with van der Waals surface area (Å²) in [5.41, 5.74) is 0. The Hall–Kier alpha value is -0.610. The minimum Gasteiger partial charge on any atom is -0.468 e. The van der Waals surface area contributed by atoms with Crippen LogP contribution in [-0.2, 0) is 9.53 Å². The van der Waals surface area contributed by atoms with Gasteiger partial charge in [0.25, 0.3) is 0 Å². The van der Waals surface area contributed by atoms with Crippen LogP contribution >= 0.6 is 0 Å². The molecule has 0 heterocycles. The first-order chi connectivity index (χ1) is 7.92. The number of carbonyl (C=O) groups excluding carboxylic acids is 1. The Labute approximate surface area is 106 Å².